The Bertz CT molecular complexity index is 1080. The summed E-state index contributed by atoms with van der Waals surface area (Å²) in [7, 11) is 0. The van der Waals surface area contributed by atoms with E-state index in [-0.39, 0.29) is 0 Å². The molecule has 3 rings (SSSR count). The molecule has 0 aliphatic heterocycles. The van der Waals surface area contributed by atoms with Crippen LogP contribution >= 0.6 is 0 Å². The number of carboxylic acid groups (broad SMARTS) is 1. The first-order chi connectivity index (χ1) is 17.6. The zero-order valence-electron chi connectivity index (χ0n) is 21.2. The Balaban J connectivity index is 1.16. The van der Waals surface area contributed by atoms with Crippen LogP contribution in [-0.2, 0) is 0 Å². The van der Waals surface area contributed by atoms with Crippen LogP contribution in [0.15, 0.2) is 67.0 Å². The van der Waals surface area contributed by atoms with Crippen LogP contribution in [0.1, 0.15) is 78.4 Å². The molecule has 0 amide bonds. The predicted molar refractivity (Wildman–Crippen MR) is 146 cm³/mol. The summed E-state index contributed by atoms with van der Waals surface area (Å²) in [5.41, 5.74) is 3.34. The summed E-state index contributed by atoms with van der Waals surface area (Å²) in [5.74, 6) is 0.766. The number of carbonyl (C=O) groups is 1. The fourth-order valence-corrected chi connectivity index (χ4v) is 3.95. The van der Waals surface area contributed by atoms with E-state index in [1.165, 1.54) is 32.1 Å². The number of benzene rings is 2. The molecule has 3 aromatic rings. The summed E-state index contributed by atoms with van der Waals surface area (Å²) in [6, 6.07) is 17.3. The molecule has 0 saturated carbocycles. The fourth-order valence-electron chi connectivity index (χ4n) is 3.95. The first-order valence-electron chi connectivity index (χ1n) is 12.9. The number of rotatable bonds is 16. The van der Waals surface area contributed by atoms with Gasteiger partial charge in [0, 0.05) is 12.4 Å². The van der Waals surface area contributed by atoms with Gasteiger partial charge in [-0.2, -0.15) is 0 Å². The SMILES string of the molecule is Cc1cc(OCCCCCCCCCCOc2ccc(/C=C/c3ccncc3)cc2)ccc1C(=O)O. The molecule has 0 aliphatic rings. The summed E-state index contributed by atoms with van der Waals surface area (Å²) in [5, 5.41) is 9.08. The number of ether oxygens (including phenoxy) is 2. The number of pyridine rings is 1. The third-order valence-electron chi connectivity index (χ3n) is 6.06. The van der Waals surface area contributed by atoms with Gasteiger partial charge in [0.1, 0.15) is 11.5 Å². The van der Waals surface area contributed by atoms with Crippen molar-refractivity contribution in [1.82, 2.24) is 4.98 Å². The molecule has 5 heteroatoms. The van der Waals surface area contributed by atoms with Crippen molar-refractivity contribution in [3.8, 4) is 11.5 Å². The second-order valence-corrected chi connectivity index (χ2v) is 8.99. The van der Waals surface area contributed by atoms with E-state index in [0.717, 1.165) is 54.1 Å². The monoisotopic (exact) mass is 487 g/mol. The van der Waals surface area contributed by atoms with E-state index in [1.807, 2.05) is 24.3 Å². The Kier molecular flexibility index (Phi) is 11.6. The Morgan fingerprint density at radius 1 is 0.722 bits per heavy atom. The zero-order valence-corrected chi connectivity index (χ0v) is 21.2. The molecule has 0 saturated heterocycles. The number of carboxylic acids is 1. The average molecular weight is 488 g/mol. The van der Waals surface area contributed by atoms with Crippen LogP contribution in [0.5, 0.6) is 11.5 Å². The number of hydrogen-bond acceptors (Lipinski definition) is 4. The van der Waals surface area contributed by atoms with E-state index >= 15 is 0 Å². The van der Waals surface area contributed by atoms with E-state index < -0.39 is 5.97 Å². The van der Waals surface area contributed by atoms with Crippen LogP contribution in [-0.4, -0.2) is 29.3 Å². The first-order valence-corrected chi connectivity index (χ1v) is 12.9. The number of aryl methyl sites for hydroxylation is 1. The Hall–Kier alpha value is -3.60. The number of unbranched alkanes of at least 4 members (excludes halogenated alkanes) is 7. The van der Waals surface area contributed by atoms with Gasteiger partial charge in [-0.05, 0) is 78.9 Å². The van der Waals surface area contributed by atoms with Gasteiger partial charge in [0.2, 0.25) is 0 Å². The third kappa shape index (κ3) is 9.95. The molecule has 0 spiro atoms. The highest BCUT2D eigenvalue weighted by atomic mass is 16.5. The first kappa shape index (κ1) is 27.0. The maximum Gasteiger partial charge on any atom is 0.335 e. The lowest BCUT2D eigenvalue weighted by molar-refractivity contribution is 0.0696. The summed E-state index contributed by atoms with van der Waals surface area (Å²) in [6.07, 6.45) is 17.2. The lowest BCUT2D eigenvalue weighted by Crippen LogP contribution is -2.02. The molecule has 0 atom stereocenters. The Labute approximate surface area is 214 Å². The quantitative estimate of drug-likeness (QED) is 0.208. The van der Waals surface area contributed by atoms with Gasteiger partial charge in [-0.3, -0.25) is 4.98 Å². The van der Waals surface area contributed by atoms with Crippen LogP contribution in [0.4, 0.5) is 0 Å². The van der Waals surface area contributed by atoms with Crippen molar-refractivity contribution >= 4 is 18.1 Å². The van der Waals surface area contributed by atoms with Crippen LogP contribution in [0, 0.1) is 6.92 Å². The minimum Gasteiger partial charge on any atom is -0.494 e. The van der Waals surface area contributed by atoms with Gasteiger partial charge >= 0.3 is 5.97 Å². The van der Waals surface area contributed by atoms with E-state index in [9.17, 15) is 4.79 Å². The highest BCUT2D eigenvalue weighted by molar-refractivity contribution is 5.89. The molecule has 1 aromatic heterocycles. The zero-order chi connectivity index (χ0) is 25.4. The molecule has 0 aliphatic carbocycles. The van der Waals surface area contributed by atoms with Crippen LogP contribution in [0.2, 0.25) is 0 Å². The molecule has 2 aromatic carbocycles. The van der Waals surface area contributed by atoms with Gasteiger partial charge in [-0.15, -0.1) is 0 Å². The van der Waals surface area contributed by atoms with Gasteiger partial charge in [-0.1, -0.05) is 62.8 Å². The van der Waals surface area contributed by atoms with Gasteiger partial charge in [0.05, 0.1) is 18.8 Å². The number of aromatic carboxylic acids is 1. The third-order valence-corrected chi connectivity index (χ3v) is 6.06. The van der Waals surface area contributed by atoms with Gasteiger partial charge in [-0.25, -0.2) is 4.79 Å². The molecule has 190 valence electrons. The summed E-state index contributed by atoms with van der Waals surface area (Å²) < 4.78 is 11.6. The van der Waals surface area contributed by atoms with E-state index in [4.69, 9.17) is 14.6 Å². The number of nitrogens with zero attached hydrogens (tertiary/aromatic N) is 1. The smallest absolute Gasteiger partial charge is 0.335 e. The summed E-state index contributed by atoms with van der Waals surface area (Å²) >= 11 is 0. The standard InChI is InChI=1S/C31H37NO4/c1-25-24-29(16-17-30(25)31(33)34)36-23-9-7-5-3-2-4-6-8-22-35-28-14-12-26(13-15-28)10-11-27-18-20-32-21-19-27/h10-21,24H,2-9,22-23H2,1H3,(H,33,34)/b11-10+. The van der Waals surface area contributed by atoms with E-state index in [0.29, 0.717) is 12.2 Å². The minimum atomic E-state index is -0.900. The van der Waals surface area contributed by atoms with E-state index in [1.54, 1.807) is 37.5 Å². The fraction of sp³-hybridized carbons (Fsp3) is 0.355. The van der Waals surface area contributed by atoms with Gasteiger partial charge < -0.3 is 14.6 Å². The largest absolute Gasteiger partial charge is 0.494 e. The van der Waals surface area contributed by atoms with Crippen LogP contribution in [0.3, 0.4) is 0 Å². The summed E-state index contributed by atoms with van der Waals surface area (Å²) in [4.78, 5) is 15.1. The van der Waals surface area contributed by atoms with Crippen LogP contribution < -0.4 is 9.47 Å². The lowest BCUT2D eigenvalue weighted by Gasteiger charge is -2.08. The molecule has 1 heterocycles. The topological polar surface area (TPSA) is 68.7 Å². The molecule has 5 nitrogen and oxygen atoms in total. The molecule has 0 radical (unpaired) electrons. The van der Waals surface area contributed by atoms with Crippen molar-refractivity contribution in [2.45, 2.75) is 58.3 Å². The summed E-state index contributed by atoms with van der Waals surface area (Å²) in [6.45, 7) is 3.23. The second kappa shape index (κ2) is 15.4. The molecular weight excluding hydrogens is 450 g/mol. The van der Waals surface area contributed by atoms with Gasteiger partial charge in [0.25, 0.3) is 0 Å². The Morgan fingerprint density at radius 3 is 1.78 bits per heavy atom. The maximum absolute atomic E-state index is 11.1. The normalized spacial score (nSPS) is 11.0. The molecule has 36 heavy (non-hydrogen) atoms. The van der Waals surface area contributed by atoms with Crippen molar-refractivity contribution in [3.63, 3.8) is 0 Å². The molecule has 0 fully saturated rings. The number of hydrogen-bond donors (Lipinski definition) is 1. The predicted octanol–water partition coefficient (Wildman–Crippen LogP) is 7.84. The van der Waals surface area contributed by atoms with Crippen molar-refractivity contribution in [1.29, 1.82) is 0 Å². The van der Waals surface area contributed by atoms with Crippen molar-refractivity contribution in [3.05, 3.63) is 89.2 Å². The van der Waals surface area contributed by atoms with Crippen molar-refractivity contribution < 1.29 is 19.4 Å². The maximum atomic E-state index is 11.1. The van der Waals surface area contributed by atoms with E-state index in [2.05, 4.69) is 29.3 Å². The van der Waals surface area contributed by atoms with Crippen molar-refractivity contribution in [2.75, 3.05) is 13.2 Å². The second-order valence-electron chi connectivity index (χ2n) is 8.99. The molecule has 1 N–H and O–H groups in total. The highest BCUT2D eigenvalue weighted by Gasteiger charge is 2.07. The molecule has 0 unspecified atom stereocenters. The number of aromatic nitrogens is 1. The Morgan fingerprint density at radius 2 is 1.22 bits per heavy atom. The highest BCUT2D eigenvalue weighted by Crippen LogP contribution is 2.18. The van der Waals surface area contributed by atoms with Crippen molar-refractivity contribution in [2.24, 2.45) is 0 Å². The minimum absolute atomic E-state index is 0.328. The van der Waals surface area contributed by atoms with Gasteiger partial charge in [0.15, 0.2) is 0 Å². The lowest BCUT2D eigenvalue weighted by atomic mass is 10.1. The molecule has 0 bridgehead atoms. The molecular formula is C31H37NO4. The average Bonchev–Trinajstić information content (AvgIpc) is 2.89. The van der Waals surface area contributed by atoms with Crippen LogP contribution in [0.25, 0.3) is 12.2 Å².